The summed E-state index contributed by atoms with van der Waals surface area (Å²) in [6, 6.07) is 9.81. The number of esters is 1. The number of rotatable bonds is 4. The van der Waals surface area contributed by atoms with Crippen molar-refractivity contribution in [3.8, 4) is 0 Å². The smallest absolute Gasteiger partial charge is 0.309 e. The molecule has 0 aliphatic rings. The van der Waals surface area contributed by atoms with E-state index < -0.39 is 5.60 Å². The Bertz CT molecular complexity index is 341. The molecule has 0 aliphatic heterocycles. The fourth-order valence-corrected chi connectivity index (χ4v) is 1.42. The molecule has 0 heterocycles. The fourth-order valence-electron chi connectivity index (χ4n) is 1.42. The van der Waals surface area contributed by atoms with Crippen molar-refractivity contribution in [1.29, 1.82) is 0 Å². The lowest BCUT2D eigenvalue weighted by Gasteiger charge is -2.27. The first-order chi connectivity index (χ1) is 7.47. The van der Waals surface area contributed by atoms with Crippen molar-refractivity contribution in [2.45, 2.75) is 39.7 Å². The first-order valence-electron chi connectivity index (χ1n) is 5.75. The summed E-state index contributed by atoms with van der Waals surface area (Å²) in [5.74, 6) is -0.167. The number of hydrogen-bond donors (Lipinski definition) is 0. The van der Waals surface area contributed by atoms with Gasteiger partial charge in [0.05, 0.1) is 5.92 Å². The van der Waals surface area contributed by atoms with E-state index in [1.54, 1.807) is 0 Å². The second-order valence-electron chi connectivity index (χ2n) is 4.61. The molecular weight excluding hydrogens is 200 g/mol. The fraction of sp³-hybridized carbons (Fsp3) is 0.500. The van der Waals surface area contributed by atoms with Crippen LogP contribution in [0, 0.1) is 5.92 Å². The molecule has 0 bridgehead atoms. The van der Waals surface area contributed by atoms with Gasteiger partial charge in [0.2, 0.25) is 0 Å². The van der Waals surface area contributed by atoms with Gasteiger partial charge in [-0.05, 0) is 25.8 Å². The largest absolute Gasteiger partial charge is 0.455 e. The topological polar surface area (TPSA) is 26.3 Å². The lowest BCUT2D eigenvalue weighted by atomic mass is 9.98. The van der Waals surface area contributed by atoms with Gasteiger partial charge in [-0.1, -0.05) is 44.2 Å². The molecule has 1 rings (SSSR count). The Morgan fingerprint density at radius 3 is 2.38 bits per heavy atom. The van der Waals surface area contributed by atoms with Crippen molar-refractivity contribution in [3.63, 3.8) is 0 Å². The minimum Gasteiger partial charge on any atom is -0.455 e. The van der Waals surface area contributed by atoms with Crippen LogP contribution in [-0.2, 0) is 15.1 Å². The van der Waals surface area contributed by atoms with Crippen LogP contribution >= 0.6 is 0 Å². The molecule has 0 aliphatic carbocycles. The molecule has 0 spiro atoms. The zero-order chi connectivity index (χ0) is 12.2. The number of carbonyl (C=O) groups excluding carboxylic acids is 1. The van der Waals surface area contributed by atoms with Gasteiger partial charge in [-0.15, -0.1) is 0 Å². The predicted molar refractivity (Wildman–Crippen MR) is 65.0 cm³/mol. The molecule has 1 atom stereocenters. The van der Waals surface area contributed by atoms with Crippen molar-refractivity contribution >= 4 is 5.97 Å². The quantitative estimate of drug-likeness (QED) is 0.726. The highest BCUT2D eigenvalue weighted by molar-refractivity contribution is 5.72. The second-order valence-corrected chi connectivity index (χ2v) is 4.61. The molecule has 1 aromatic rings. The molecule has 0 saturated heterocycles. The third-order valence-electron chi connectivity index (χ3n) is 2.84. The van der Waals surface area contributed by atoms with Gasteiger partial charge in [-0.2, -0.15) is 0 Å². The number of benzene rings is 1. The molecule has 2 nitrogen and oxygen atoms in total. The van der Waals surface area contributed by atoms with E-state index in [9.17, 15) is 4.79 Å². The van der Waals surface area contributed by atoms with Gasteiger partial charge >= 0.3 is 5.97 Å². The third-order valence-corrected chi connectivity index (χ3v) is 2.84. The lowest BCUT2D eigenvalue weighted by molar-refractivity contribution is -0.162. The zero-order valence-corrected chi connectivity index (χ0v) is 10.5. The van der Waals surface area contributed by atoms with Crippen LogP contribution in [0.3, 0.4) is 0 Å². The highest BCUT2D eigenvalue weighted by atomic mass is 16.6. The van der Waals surface area contributed by atoms with E-state index in [1.165, 1.54) is 0 Å². The van der Waals surface area contributed by atoms with Gasteiger partial charge in [0.25, 0.3) is 0 Å². The van der Waals surface area contributed by atoms with Gasteiger partial charge in [0, 0.05) is 0 Å². The van der Waals surface area contributed by atoms with Gasteiger partial charge < -0.3 is 4.74 Å². The number of hydrogen-bond acceptors (Lipinski definition) is 2. The Labute approximate surface area is 97.6 Å². The molecule has 16 heavy (non-hydrogen) atoms. The maximum atomic E-state index is 11.7. The molecule has 0 amide bonds. The first kappa shape index (κ1) is 12.8. The molecule has 88 valence electrons. The molecular formula is C14H20O2. The van der Waals surface area contributed by atoms with Gasteiger partial charge in [-0.3, -0.25) is 4.79 Å². The van der Waals surface area contributed by atoms with Gasteiger partial charge in [0.15, 0.2) is 0 Å². The predicted octanol–water partition coefficient (Wildman–Crippen LogP) is 3.51. The Kier molecular flexibility index (Phi) is 4.11. The van der Waals surface area contributed by atoms with E-state index in [-0.39, 0.29) is 11.9 Å². The Hall–Kier alpha value is -1.31. The molecule has 0 fully saturated rings. The van der Waals surface area contributed by atoms with E-state index in [2.05, 4.69) is 0 Å². The van der Waals surface area contributed by atoms with E-state index in [1.807, 2.05) is 58.0 Å². The Morgan fingerprint density at radius 2 is 1.88 bits per heavy atom. The molecule has 0 N–H and O–H groups in total. The van der Waals surface area contributed by atoms with E-state index in [4.69, 9.17) is 4.74 Å². The number of ether oxygens (including phenoxy) is 1. The summed E-state index contributed by atoms with van der Waals surface area (Å²) in [6.45, 7) is 7.72. The summed E-state index contributed by atoms with van der Waals surface area (Å²) in [4.78, 5) is 11.7. The summed E-state index contributed by atoms with van der Waals surface area (Å²) >= 11 is 0. The highest BCUT2D eigenvalue weighted by Crippen LogP contribution is 2.25. The van der Waals surface area contributed by atoms with Crippen molar-refractivity contribution in [3.05, 3.63) is 35.9 Å². The molecule has 1 unspecified atom stereocenters. The minimum absolute atomic E-state index is 0.0389. The lowest BCUT2D eigenvalue weighted by Crippen LogP contribution is -2.28. The van der Waals surface area contributed by atoms with Crippen LogP contribution in [0.1, 0.15) is 39.7 Å². The van der Waals surface area contributed by atoms with Gasteiger partial charge in [0.1, 0.15) is 5.60 Å². The molecule has 1 aromatic carbocycles. The van der Waals surface area contributed by atoms with Crippen LogP contribution in [0.4, 0.5) is 0 Å². The number of carbonyl (C=O) groups is 1. The van der Waals surface area contributed by atoms with Crippen LogP contribution in [0.25, 0.3) is 0 Å². The summed E-state index contributed by atoms with van der Waals surface area (Å²) in [7, 11) is 0. The Morgan fingerprint density at radius 1 is 1.31 bits per heavy atom. The molecule has 2 heteroatoms. The summed E-state index contributed by atoms with van der Waals surface area (Å²) in [5, 5.41) is 0. The van der Waals surface area contributed by atoms with Crippen LogP contribution in [0.5, 0.6) is 0 Å². The zero-order valence-electron chi connectivity index (χ0n) is 10.5. The first-order valence-corrected chi connectivity index (χ1v) is 5.75. The Balaban J connectivity index is 2.76. The van der Waals surface area contributed by atoms with Crippen LogP contribution in [0.15, 0.2) is 30.3 Å². The summed E-state index contributed by atoms with van der Waals surface area (Å²) in [5.41, 5.74) is 0.466. The second kappa shape index (κ2) is 5.15. The standard InChI is InChI=1S/C14H20O2/c1-5-11(2)13(15)16-14(3,4)12-9-7-6-8-10-12/h6-11H,5H2,1-4H3. The average Bonchev–Trinajstić information content (AvgIpc) is 2.28. The van der Waals surface area contributed by atoms with Crippen LogP contribution in [-0.4, -0.2) is 5.97 Å². The van der Waals surface area contributed by atoms with Crippen molar-refractivity contribution in [2.75, 3.05) is 0 Å². The summed E-state index contributed by atoms with van der Waals surface area (Å²) in [6.07, 6.45) is 0.809. The van der Waals surface area contributed by atoms with Crippen molar-refractivity contribution in [2.24, 2.45) is 5.92 Å². The van der Waals surface area contributed by atoms with E-state index in [0.717, 1.165) is 12.0 Å². The van der Waals surface area contributed by atoms with Crippen molar-refractivity contribution < 1.29 is 9.53 Å². The van der Waals surface area contributed by atoms with Crippen LogP contribution in [0.2, 0.25) is 0 Å². The third kappa shape index (κ3) is 3.09. The summed E-state index contributed by atoms with van der Waals surface area (Å²) < 4.78 is 5.54. The van der Waals surface area contributed by atoms with E-state index in [0.29, 0.717) is 0 Å². The van der Waals surface area contributed by atoms with E-state index >= 15 is 0 Å². The maximum Gasteiger partial charge on any atom is 0.309 e. The molecule has 0 aromatic heterocycles. The SMILES string of the molecule is CCC(C)C(=O)OC(C)(C)c1ccccc1. The average molecular weight is 220 g/mol. The molecule has 0 saturated carbocycles. The van der Waals surface area contributed by atoms with Crippen LogP contribution < -0.4 is 0 Å². The highest BCUT2D eigenvalue weighted by Gasteiger charge is 2.26. The normalized spacial score (nSPS) is 13.2. The maximum absolute atomic E-state index is 11.7. The minimum atomic E-state index is -0.554. The van der Waals surface area contributed by atoms with Crippen molar-refractivity contribution in [1.82, 2.24) is 0 Å². The molecule has 0 radical (unpaired) electrons. The monoisotopic (exact) mass is 220 g/mol. The van der Waals surface area contributed by atoms with Gasteiger partial charge in [-0.25, -0.2) is 0 Å².